The van der Waals surface area contributed by atoms with Gasteiger partial charge in [0, 0.05) is 13.6 Å². The average Bonchev–Trinajstić information content (AvgIpc) is 2.96. The van der Waals surface area contributed by atoms with Crippen LogP contribution in [0.4, 0.5) is 5.69 Å². The summed E-state index contributed by atoms with van der Waals surface area (Å²) in [6.45, 7) is 1.30. The zero-order chi connectivity index (χ0) is 28.6. The van der Waals surface area contributed by atoms with Gasteiger partial charge in [-0.1, -0.05) is 48.9 Å². The van der Waals surface area contributed by atoms with Crippen molar-refractivity contribution in [2.75, 3.05) is 32.1 Å². The monoisotopic (exact) mass is 573 g/mol. The van der Waals surface area contributed by atoms with Crippen LogP contribution >= 0.6 is 11.6 Å². The fourth-order valence-corrected chi connectivity index (χ4v) is 5.75. The molecule has 3 aromatic rings. The minimum atomic E-state index is -4.19. The average molecular weight is 574 g/mol. The smallest absolute Gasteiger partial charge is 0.264 e. The van der Waals surface area contributed by atoms with Gasteiger partial charge in [0.25, 0.3) is 10.0 Å². The molecule has 0 fully saturated rings. The molecule has 3 aromatic carbocycles. The third kappa shape index (κ3) is 7.01. The van der Waals surface area contributed by atoms with Gasteiger partial charge in [-0.15, -0.1) is 0 Å². The van der Waals surface area contributed by atoms with Crippen molar-refractivity contribution in [1.29, 1.82) is 0 Å². The van der Waals surface area contributed by atoms with Gasteiger partial charge in [0.05, 0.1) is 29.8 Å². The van der Waals surface area contributed by atoms with Crippen LogP contribution in [0.3, 0.4) is 0 Å². The van der Waals surface area contributed by atoms with E-state index >= 15 is 0 Å². The highest BCUT2D eigenvalue weighted by Gasteiger charge is 2.33. The summed E-state index contributed by atoms with van der Waals surface area (Å²) in [6, 6.07) is 18.5. The molecule has 1 N–H and O–H groups in total. The summed E-state index contributed by atoms with van der Waals surface area (Å²) >= 11 is 6.33. The zero-order valence-electron chi connectivity index (χ0n) is 22.3. The number of ether oxygens (including phenoxy) is 2. The predicted octanol–water partition coefficient (Wildman–Crippen LogP) is 4.11. The number of hydrogen-bond acceptors (Lipinski definition) is 6. The van der Waals surface area contributed by atoms with Gasteiger partial charge in [-0.2, -0.15) is 0 Å². The predicted molar refractivity (Wildman–Crippen MR) is 151 cm³/mol. The fourth-order valence-electron chi connectivity index (χ4n) is 4.07. The number of likely N-dealkylation sites (N-methyl/N-ethyl adjacent to an activating group) is 1. The van der Waals surface area contributed by atoms with Gasteiger partial charge < -0.3 is 19.7 Å². The first-order chi connectivity index (χ1) is 18.7. The summed E-state index contributed by atoms with van der Waals surface area (Å²) in [7, 11) is 0.303. The Balaban J connectivity index is 2.07. The first kappa shape index (κ1) is 29.8. The van der Waals surface area contributed by atoms with Crippen molar-refractivity contribution in [2.45, 2.75) is 30.8 Å². The molecule has 11 heteroatoms. The normalized spacial score (nSPS) is 11.8. The van der Waals surface area contributed by atoms with Crippen LogP contribution in [-0.4, -0.2) is 59.0 Å². The maximum Gasteiger partial charge on any atom is 0.264 e. The topological polar surface area (TPSA) is 105 Å². The van der Waals surface area contributed by atoms with E-state index in [1.807, 2.05) is 0 Å². The number of sulfonamides is 1. The summed E-state index contributed by atoms with van der Waals surface area (Å²) in [6.07, 6.45) is 0.321. The minimum Gasteiger partial charge on any atom is -0.497 e. The van der Waals surface area contributed by atoms with Crippen LogP contribution in [-0.2, 0) is 26.2 Å². The number of amides is 2. The lowest BCUT2D eigenvalue weighted by Crippen LogP contribution is -2.51. The Labute approximate surface area is 234 Å². The number of anilines is 1. The maximum atomic E-state index is 13.9. The van der Waals surface area contributed by atoms with E-state index in [4.69, 9.17) is 21.1 Å². The summed E-state index contributed by atoms with van der Waals surface area (Å²) < 4.78 is 39.0. The van der Waals surface area contributed by atoms with Gasteiger partial charge in [-0.25, -0.2) is 8.42 Å². The molecule has 0 unspecified atom stereocenters. The van der Waals surface area contributed by atoms with Crippen LogP contribution in [0, 0.1) is 0 Å². The molecular formula is C28H32ClN3O6S. The van der Waals surface area contributed by atoms with Crippen molar-refractivity contribution in [1.82, 2.24) is 10.2 Å². The van der Waals surface area contributed by atoms with Crippen molar-refractivity contribution >= 4 is 39.1 Å². The number of carbonyl (C=O) groups excluding carboxylic acids is 2. The fraction of sp³-hybridized carbons (Fsp3) is 0.286. The second-order valence-electron chi connectivity index (χ2n) is 8.55. The zero-order valence-corrected chi connectivity index (χ0v) is 23.8. The Morgan fingerprint density at radius 2 is 1.64 bits per heavy atom. The number of halogens is 1. The first-order valence-corrected chi connectivity index (χ1v) is 14.0. The molecular weight excluding hydrogens is 542 g/mol. The van der Waals surface area contributed by atoms with Crippen molar-refractivity contribution in [3.63, 3.8) is 0 Å². The summed E-state index contributed by atoms with van der Waals surface area (Å²) in [5.41, 5.74) is 0.923. The van der Waals surface area contributed by atoms with Crippen molar-refractivity contribution in [3.05, 3.63) is 83.4 Å². The Morgan fingerprint density at radius 1 is 0.974 bits per heavy atom. The van der Waals surface area contributed by atoms with Gasteiger partial charge >= 0.3 is 0 Å². The van der Waals surface area contributed by atoms with E-state index < -0.39 is 28.5 Å². The molecule has 0 aliphatic rings. The number of hydrogen-bond donors (Lipinski definition) is 1. The number of rotatable bonds is 12. The number of nitrogens with zero attached hydrogens (tertiary/aromatic N) is 2. The molecule has 39 heavy (non-hydrogen) atoms. The highest BCUT2D eigenvalue weighted by Crippen LogP contribution is 2.32. The molecule has 0 aliphatic carbocycles. The van der Waals surface area contributed by atoms with Crippen molar-refractivity contribution in [3.8, 4) is 11.5 Å². The molecule has 0 saturated heterocycles. The quantitative estimate of drug-likeness (QED) is 0.350. The molecule has 0 heterocycles. The lowest BCUT2D eigenvalue weighted by atomic mass is 10.1. The van der Waals surface area contributed by atoms with Crippen molar-refractivity contribution < 1.29 is 27.5 Å². The number of methoxy groups -OCH3 is 2. The van der Waals surface area contributed by atoms with Gasteiger partial charge in [0.2, 0.25) is 11.8 Å². The highest BCUT2D eigenvalue weighted by atomic mass is 35.5. The molecule has 208 valence electrons. The van der Waals surface area contributed by atoms with E-state index in [9.17, 15) is 18.0 Å². The molecule has 9 nitrogen and oxygen atoms in total. The Hall–Kier alpha value is -3.76. The Bertz CT molecular complexity index is 1380. The first-order valence-electron chi connectivity index (χ1n) is 12.2. The van der Waals surface area contributed by atoms with E-state index in [1.165, 1.54) is 49.4 Å². The molecule has 2 amide bonds. The number of nitrogens with one attached hydrogen (secondary N) is 1. The Morgan fingerprint density at radius 3 is 2.18 bits per heavy atom. The lowest BCUT2D eigenvalue weighted by Gasteiger charge is -2.33. The van der Waals surface area contributed by atoms with Crippen LogP contribution < -0.4 is 19.1 Å². The van der Waals surface area contributed by atoms with Crippen LogP contribution in [0.1, 0.15) is 18.9 Å². The van der Waals surface area contributed by atoms with E-state index in [0.29, 0.717) is 17.9 Å². The maximum absolute atomic E-state index is 13.9. The van der Waals surface area contributed by atoms with Crippen LogP contribution in [0.5, 0.6) is 11.5 Å². The van der Waals surface area contributed by atoms with E-state index in [2.05, 4.69) is 5.32 Å². The third-order valence-corrected chi connectivity index (χ3v) is 8.26. The molecule has 0 saturated carbocycles. The molecule has 0 aliphatic heterocycles. The second-order valence-corrected chi connectivity index (χ2v) is 10.8. The van der Waals surface area contributed by atoms with E-state index in [0.717, 1.165) is 9.87 Å². The van der Waals surface area contributed by atoms with Gasteiger partial charge in [0.1, 0.15) is 24.1 Å². The van der Waals surface area contributed by atoms with Gasteiger partial charge in [-0.05, 0) is 54.4 Å². The van der Waals surface area contributed by atoms with E-state index in [-0.39, 0.29) is 28.1 Å². The minimum absolute atomic E-state index is 0.00443. The van der Waals surface area contributed by atoms with E-state index in [1.54, 1.807) is 56.5 Å². The SMILES string of the molecule is CC[C@H](C(=O)NC)N(Cc1ccc(OC)cc1)C(=O)CN(c1ccc(OC)c(Cl)c1)S(=O)(=O)c1ccccc1. The second kappa shape index (κ2) is 13.3. The molecule has 1 atom stereocenters. The van der Waals surface area contributed by atoms with Gasteiger partial charge in [-0.3, -0.25) is 13.9 Å². The number of benzene rings is 3. The van der Waals surface area contributed by atoms with Crippen LogP contribution in [0.25, 0.3) is 0 Å². The molecule has 3 rings (SSSR count). The van der Waals surface area contributed by atoms with Gasteiger partial charge in [0.15, 0.2) is 0 Å². The van der Waals surface area contributed by atoms with Crippen LogP contribution in [0.15, 0.2) is 77.7 Å². The molecule has 0 radical (unpaired) electrons. The summed E-state index contributed by atoms with van der Waals surface area (Å²) in [4.78, 5) is 28.1. The summed E-state index contributed by atoms with van der Waals surface area (Å²) in [5, 5.41) is 2.78. The lowest BCUT2D eigenvalue weighted by molar-refractivity contribution is -0.140. The van der Waals surface area contributed by atoms with Crippen LogP contribution in [0.2, 0.25) is 5.02 Å². The Kier molecular flexibility index (Phi) is 10.2. The number of carbonyl (C=O) groups is 2. The van der Waals surface area contributed by atoms with Crippen molar-refractivity contribution in [2.24, 2.45) is 0 Å². The largest absolute Gasteiger partial charge is 0.497 e. The summed E-state index contributed by atoms with van der Waals surface area (Å²) in [5.74, 6) is 0.0825. The molecule has 0 aromatic heterocycles. The molecule has 0 spiro atoms. The standard InChI is InChI=1S/C28H32ClN3O6S/c1-5-25(28(34)30-2)31(18-20-11-14-22(37-3)15-12-20)27(33)19-32(21-13-16-26(38-4)24(29)17-21)39(35,36)23-9-7-6-8-10-23/h6-17,25H,5,18-19H2,1-4H3,(H,30,34)/t25-/m1/s1. The third-order valence-electron chi connectivity index (χ3n) is 6.18. The highest BCUT2D eigenvalue weighted by molar-refractivity contribution is 7.92. The molecule has 0 bridgehead atoms.